The number of aromatic hydroxyl groups is 1. The van der Waals surface area contributed by atoms with Gasteiger partial charge in [-0.15, -0.1) is 0 Å². The van der Waals surface area contributed by atoms with Crippen LogP contribution in [0.5, 0.6) is 5.75 Å². The molecule has 3 aromatic carbocycles. The average Bonchev–Trinajstić information content (AvgIpc) is 3.79. The van der Waals surface area contributed by atoms with Crippen molar-refractivity contribution in [2.24, 2.45) is 17.4 Å². The molecule has 24 heteroatoms. The normalized spacial score (nSPS) is 21.3. The van der Waals surface area contributed by atoms with Crippen LogP contribution in [-0.4, -0.2) is 140 Å². The number of hydrogen-bond donors (Lipinski definition) is 13. The molecule has 22 nitrogen and oxygen atoms in total. The third-order valence-electron chi connectivity index (χ3n) is 12.3. The number of para-hydroxylation sites is 1. The number of aromatic amines is 1. The highest BCUT2D eigenvalue weighted by Crippen LogP contribution is 2.25. The van der Waals surface area contributed by atoms with Crippen molar-refractivity contribution in [3.8, 4) is 5.75 Å². The largest absolute Gasteiger partial charge is 0.508 e. The molecule has 5 rings (SSSR count). The molecule has 0 unspecified atom stereocenters. The number of carbonyl (C=O) groups excluding carboxylic acids is 7. The topological polar surface area (TPSA) is 366 Å². The number of aromatic nitrogens is 1. The van der Waals surface area contributed by atoms with Gasteiger partial charge in [-0.1, -0.05) is 96.1 Å². The predicted molar refractivity (Wildman–Crippen MR) is 283 cm³/mol. The standard InChI is InChI=1S/C51H66N10O12S2/c1-28(2)43(51(72)73)61-50(71)41-27-75-74-26-40(59-44(65)34(53)19-20-42(63)64)49(70)57-37(22-29-10-4-3-5-11-29)46(67)58-39(24-31-25-54-35-13-7-6-12-33(31)35)48(69)55-36(14-8-9-21-52)45(66)56-38(47(68)60-41)23-30-15-17-32(62)18-16-30/h3-7,10-13,15-18,25,28,34,36-41,43,54,62H,8-9,14,19-24,26-27,52-53H2,1-2H3,(H,55,69)(H,56,66)(H,57,70)(H,58,67)(H,59,65)(H,60,68)(H,61,71)(H,63,64)(H,72,73)/t34-,36-,37-,38-,39-,40-,41-,43-/m0/s1. The molecule has 1 aromatic heterocycles. The van der Waals surface area contributed by atoms with Crippen molar-refractivity contribution >= 4 is 85.8 Å². The lowest BCUT2D eigenvalue weighted by molar-refractivity contribution is -0.143. The molecule has 1 saturated heterocycles. The first-order chi connectivity index (χ1) is 35.8. The van der Waals surface area contributed by atoms with Crippen LogP contribution in [0.3, 0.4) is 0 Å². The van der Waals surface area contributed by atoms with Crippen molar-refractivity contribution in [3.05, 3.63) is 102 Å². The second-order valence-corrected chi connectivity index (χ2v) is 21.0. The number of amides is 7. The molecular weight excluding hydrogens is 1010 g/mol. The Balaban J connectivity index is 1.61. The number of phenolic OH excluding ortho intramolecular Hbond substituents is 1. The summed E-state index contributed by atoms with van der Waals surface area (Å²) in [5.41, 5.74) is 14.4. The number of unbranched alkanes of at least 4 members (excludes halogenated alkanes) is 1. The Kier molecular flexibility index (Phi) is 22.8. The first kappa shape index (κ1) is 58.7. The van der Waals surface area contributed by atoms with Crippen LogP contribution in [0, 0.1) is 5.92 Å². The van der Waals surface area contributed by atoms with Crippen molar-refractivity contribution in [1.82, 2.24) is 42.2 Å². The predicted octanol–water partition coefficient (Wildman–Crippen LogP) is 0.752. The zero-order valence-corrected chi connectivity index (χ0v) is 43.2. The van der Waals surface area contributed by atoms with Gasteiger partial charge < -0.3 is 69.0 Å². The van der Waals surface area contributed by atoms with Gasteiger partial charge in [0.15, 0.2) is 0 Å². The van der Waals surface area contributed by atoms with Crippen molar-refractivity contribution in [3.63, 3.8) is 0 Å². The number of phenols is 1. The number of benzene rings is 3. The van der Waals surface area contributed by atoms with Gasteiger partial charge in [0.05, 0.1) is 6.04 Å². The van der Waals surface area contributed by atoms with Crippen LogP contribution in [0.25, 0.3) is 10.9 Å². The second kappa shape index (κ2) is 29.1. The molecule has 7 amide bonds. The van der Waals surface area contributed by atoms with Crippen LogP contribution >= 0.6 is 21.6 Å². The molecule has 0 saturated carbocycles. The summed E-state index contributed by atoms with van der Waals surface area (Å²) in [6, 6.07) is 10.5. The second-order valence-electron chi connectivity index (χ2n) is 18.5. The monoisotopic (exact) mass is 1070 g/mol. The molecule has 1 aliphatic heterocycles. The van der Waals surface area contributed by atoms with Crippen molar-refractivity contribution in [2.75, 3.05) is 18.1 Å². The molecule has 8 atom stereocenters. The summed E-state index contributed by atoms with van der Waals surface area (Å²) in [5, 5.41) is 48.8. The Morgan fingerprint density at radius 2 is 1.25 bits per heavy atom. The molecule has 4 aromatic rings. The number of nitrogens with one attached hydrogen (secondary N) is 8. The summed E-state index contributed by atoms with van der Waals surface area (Å²) in [6.45, 7) is 3.41. The molecule has 1 aliphatic rings. The van der Waals surface area contributed by atoms with E-state index in [1.807, 2.05) is 18.2 Å². The van der Waals surface area contributed by atoms with E-state index in [0.29, 0.717) is 29.5 Å². The van der Waals surface area contributed by atoms with Crippen molar-refractivity contribution in [2.45, 2.75) is 114 Å². The highest BCUT2D eigenvalue weighted by atomic mass is 33.1. The van der Waals surface area contributed by atoms with Gasteiger partial charge in [-0.2, -0.15) is 0 Å². The molecule has 404 valence electrons. The van der Waals surface area contributed by atoms with Gasteiger partial charge in [-0.05, 0) is 73.0 Å². The van der Waals surface area contributed by atoms with E-state index in [-0.39, 0.29) is 55.9 Å². The minimum absolute atomic E-state index is 0.0283. The van der Waals surface area contributed by atoms with Crippen LogP contribution in [-0.2, 0) is 62.4 Å². The number of hydrogen-bond acceptors (Lipinski definition) is 14. The third-order valence-corrected chi connectivity index (χ3v) is 14.7. The maximum atomic E-state index is 14.8. The van der Waals surface area contributed by atoms with E-state index < -0.39 is 114 Å². The third kappa shape index (κ3) is 18.3. The summed E-state index contributed by atoms with van der Waals surface area (Å²) < 4.78 is 0. The van der Waals surface area contributed by atoms with Gasteiger partial charge >= 0.3 is 11.9 Å². The first-order valence-electron chi connectivity index (χ1n) is 24.5. The van der Waals surface area contributed by atoms with E-state index in [1.54, 1.807) is 56.4 Å². The fourth-order valence-corrected chi connectivity index (χ4v) is 10.4. The number of carboxylic acids is 2. The number of rotatable bonds is 19. The number of aliphatic carboxylic acids is 2. The van der Waals surface area contributed by atoms with E-state index in [1.165, 1.54) is 24.3 Å². The van der Waals surface area contributed by atoms with Crippen LogP contribution in [0.1, 0.15) is 62.6 Å². The molecule has 75 heavy (non-hydrogen) atoms. The van der Waals surface area contributed by atoms with Gasteiger partial charge in [-0.25, -0.2) is 4.79 Å². The summed E-state index contributed by atoms with van der Waals surface area (Å²) in [6.07, 6.45) is 1.38. The fraction of sp³-hybridized carbons (Fsp3) is 0.431. The zero-order valence-electron chi connectivity index (χ0n) is 41.5. The van der Waals surface area contributed by atoms with Gasteiger partial charge in [0, 0.05) is 54.3 Å². The van der Waals surface area contributed by atoms with E-state index in [0.717, 1.165) is 32.5 Å². The Bertz CT molecular complexity index is 2620. The summed E-state index contributed by atoms with van der Waals surface area (Å²) in [5.74, 6) is -9.67. The van der Waals surface area contributed by atoms with Crippen LogP contribution in [0.4, 0.5) is 0 Å². The molecule has 0 spiro atoms. The van der Waals surface area contributed by atoms with Gasteiger partial charge in [-0.3, -0.25) is 38.4 Å². The lowest BCUT2D eigenvalue weighted by atomic mass is 10.0. The van der Waals surface area contributed by atoms with E-state index in [4.69, 9.17) is 11.5 Å². The molecule has 0 radical (unpaired) electrons. The van der Waals surface area contributed by atoms with E-state index in [9.17, 15) is 58.5 Å². The number of H-pyrrole nitrogens is 1. The average molecular weight is 1080 g/mol. The lowest BCUT2D eigenvalue weighted by Crippen LogP contribution is -2.61. The summed E-state index contributed by atoms with van der Waals surface area (Å²) in [4.78, 5) is 127. The van der Waals surface area contributed by atoms with E-state index in [2.05, 4.69) is 42.2 Å². The highest BCUT2D eigenvalue weighted by Gasteiger charge is 2.36. The van der Waals surface area contributed by atoms with Gasteiger partial charge in [0.2, 0.25) is 41.4 Å². The SMILES string of the molecule is CC(C)[C@H](NC(=O)[C@@H]1CSSC[C@H](NC(=O)[C@@H](N)CCC(=O)O)C(=O)N[C@@H](Cc2ccccc2)C(=O)N[C@@H](Cc2c[nH]c3ccccc23)C(=O)N[C@@H](CCCCN)C(=O)N[C@@H](Cc2ccc(O)cc2)C(=O)N1)C(=O)O. The summed E-state index contributed by atoms with van der Waals surface area (Å²) >= 11 is 0. The molecule has 0 aliphatic carbocycles. The molecule has 2 heterocycles. The quantitative estimate of drug-likeness (QED) is 0.0455. The Labute approximate surface area is 441 Å². The van der Waals surface area contributed by atoms with E-state index >= 15 is 0 Å². The van der Waals surface area contributed by atoms with Crippen molar-refractivity contribution < 1.29 is 58.5 Å². The highest BCUT2D eigenvalue weighted by molar-refractivity contribution is 8.76. The smallest absolute Gasteiger partial charge is 0.326 e. The number of fused-ring (bicyclic) bond motifs is 1. The number of carboxylic acid groups (broad SMARTS) is 2. The van der Waals surface area contributed by atoms with Crippen LogP contribution in [0.2, 0.25) is 0 Å². The minimum Gasteiger partial charge on any atom is -0.508 e. The van der Waals surface area contributed by atoms with Crippen LogP contribution in [0.15, 0.2) is 85.1 Å². The fourth-order valence-electron chi connectivity index (χ4n) is 8.04. The molecule has 1 fully saturated rings. The molecule has 15 N–H and O–H groups in total. The van der Waals surface area contributed by atoms with Crippen LogP contribution < -0.4 is 48.7 Å². The summed E-state index contributed by atoms with van der Waals surface area (Å²) in [7, 11) is 1.93. The molecule has 0 bridgehead atoms. The zero-order chi connectivity index (χ0) is 54.6. The number of carbonyl (C=O) groups is 9. The number of nitrogens with two attached hydrogens (primary N) is 2. The minimum atomic E-state index is -1.48. The van der Waals surface area contributed by atoms with Gasteiger partial charge in [0.1, 0.15) is 48.0 Å². The Morgan fingerprint density at radius 1 is 0.693 bits per heavy atom. The maximum absolute atomic E-state index is 14.8. The lowest BCUT2D eigenvalue weighted by Gasteiger charge is -2.29. The van der Waals surface area contributed by atoms with Crippen molar-refractivity contribution in [1.29, 1.82) is 0 Å². The first-order valence-corrected chi connectivity index (χ1v) is 27.0. The maximum Gasteiger partial charge on any atom is 0.326 e. The Morgan fingerprint density at radius 3 is 1.88 bits per heavy atom. The Hall–Kier alpha value is -7.15. The van der Waals surface area contributed by atoms with Gasteiger partial charge in [0.25, 0.3) is 0 Å². The molecular formula is C51H66N10O12S2.